The molecule has 3 rings (SSSR count). The van der Waals surface area contributed by atoms with Gasteiger partial charge >= 0.3 is 0 Å². The van der Waals surface area contributed by atoms with Gasteiger partial charge in [-0.2, -0.15) is 0 Å². The maximum absolute atomic E-state index is 12.6. The molecule has 0 unspecified atom stereocenters. The number of thiazole rings is 1. The van der Waals surface area contributed by atoms with Crippen molar-refractivity contribution in [1.82, 2.24) is 14.8 Å². The Bertz CT molecular complexity index is 559. The first kappa shape index (κ1) is 17.8. The molecule has 1 aromatic rings. The molecule has 6 nitrogen and oxygen atoms in total. The van der Waals surface area contributed by atoms with Crippen LogP contribution in [0.4, 0.5) is 0 Å². The van der Waals surface area contributed by atoms with Crippen LogP contribution < -0.4 is 0 Å². The molecule has 1 aromatic heterocycles. The molecule has 2 saturated heterocycles. The summed E-state index contributed by atoms with van der Waals surface area (Å²) in [5.41, 5.74) is 1.87. The molecule has 0 bridgehead atoms. The number of rotatable bonds is 5. The van der Waals surface area contributed by atoms with Crippen LogP contribution in [-0.4, -0.2) is 77.3 Å². The van der Waals surface area contributed by atoms with Crippen molar-refractivity contribution in [3.8, 4) is 0 Å². The number of aliphatic hydroxyl groups is 1. The van der Waals surface area contributed by atoms with Gasteiger partial charge in [0.05, 0.1) is 31.0 Å². The Labute approximate surface area is 147 Å². The minimum absolute atomic E-state index is 0.0909. The molecular formula is C17H27N3O3S. The number of likely N-dealkylation sites (tertiary alicyclic amines) is 1. The molecule has 3 heterocycles. The topological polar surface area (TPSA) is 65.9 Å². The van der Waals surface area contributed by atoms with Crippen LogP contribution in [0.2, 0.25) is 0 Å². The summed E-state index contributed by atoms with van der Waals surface area (Å²) in [4.78, 5) is 22.1. The molecule has 0 radical (unpaired) electrons. The van der Waals surface area contributed by atoms with E-state index in [0.29, 0.717) is 39.3 Å². The number of aromatic nitrogens is 1. The maximum atomic E-state index is 12.6. The Hall–Kier alpha value is -1.02. The maximum Gasteiger partial charge on any atom is 0.223 e. The molecule has 7 heteroatoms. The second kappa shape index (κ2) is 7.91. The van der Waals surface area contributed by atoms with Crippen LogP contribution in [0.3, 0.4) is 0 Å². The summed E-state index contributed by atoms with van der Waals surface area (Å²) in [5.74, 6) is 0.0909. The van der Waals surface area contributed by atoms with Crippen LogP contribution >= 0.6 is 11.3 Å². The fourth-order valence-corrected chi connectivity index (χ4v) is 4.31. The lowest BCUT2D eigenvalue weighted by atomic mass is 10.0. The number of hydrogen-bond donors (Lipinski definition) is 1. The van der Waals surface area contributed by atoms with Gasteiger partial charge in [0, 0.05) is 24.4 Å². The minimum Gasteiger partial charge on any atom is -0.384 e. The SMILES string of the molecule is Cc1ncsc1CCC(=O)N1CCOC[C@@](O)(CN2CCCC2)C1. The van der Waals surface area contributed by atoms with Gasteiger partial charge in [-0.25, -0.2) is 4.98 Å². The van der Waals surface area contributed by atoms with Gasteiger partial charge in [-0.1, -0.05) is 0 Å². The Morgan fingerprint density at radius 1 is 1.42 bits per heavy atom. The Morgan fingerprint density at radius 3 is 2.92 bits per heavy atom. The summed E-state index contributed by atoms with van der Waals surface area (Å²) in [6.45, 7) is 6.35. The number of β-amino-alcohol motifs (C(OH)–C–C–N with tert-alkyl or cyclic N) is 1. The smallest absolute Gasteiger partial charge is 0.223 e. The molecule has 0 aromatic carbocycles. The number of aryl methyl sites for hydroxylation is 2. The predicted molar refractivity (Wildman–Crippen MR) is 93.2 cm³/mol. The standard InChI is InChI=1S/C17H27N3O3S/c1-14-15(24-13-18-14)4-5-16(21)20-8-9-23-12-17(22,11-20)10-19-6-2-3-7-19/h13,22H,2-12H2,1H3/t17-/m1/s1. The lowest BCUT2D eigenvalue weighted by Gasteiger charge is -2.34. The number of ether oxygens (including phenoxy) is 1. The van der Waals surface area contributed by atoms with E-state index in [0.717, 1.165) is 25.2 Å². The number of hydrogen-bond acceptors (Lipinski definition) is 6. The molecule has 1 N–H and O–H groups in total. The predicted octanol–water partition coefficient (Wildman–Crippen LogP) is 1.07. The van der Waals surface area contributed by atoms with Crippen molar-refractivity contribution in [1.29, 1.82) is 0 Å². The first-order valence-corrected chi connectivity index (χ1v) is 9.63. The average Bonchev–Trinajstić information content (AvgIpc) is 3.15. The normalized spacial score (nSPS) is 25.8. The average molecular weight is 353 g/mol. The molecule has 24 heavy (non-hydrogen) atoms. The van der Waals surface area contributed by atoms with Crippen molar-refractivity contribution < 1.29 is 14.6 Å². The minimum atomic E-state index is -0.961. The molecular weight excluding hydrogens is 326 g/mol. The van der Waals surface area contributed by atoms with Crippen molar-refractivity contribution in [2.24, 2.45) is 0 Å². The van der Waals surface area contributed by atoms with Crippen molar-refractivity contribution in [2.45, 2.75) is 38.2 Å². The van der Waals surface area contributed by atoms with Crippen molar-refractivity contribution in [3.05, 3.63) is 16.1 Å². The zero-order valence-corrected chi connectivity index (χ0v) is 15.2. The first-order chi connectivity index (χ1) is 11.6. The van der Waals surface area contributed by atoms with Gasteiger partial charge in [0.1, 0.15) is 5.60 Å². The lowest BCUT2D eigenvalue weighted by molar-refractivity contribution is -0.134. The molecule has 2 fully saturated rings. The molecule has 134 valence electrons. The Kier molecular flexibility index (Phi) is 5.86. The summed E-state index contributed by atoms with van der Waals surface area (Å²) in [5, 5.41) is 11.0. The molecule has 1 atom stereocenters. The summed E-state index contributed by atoms with van der Waals surface area (Å²) in [6, 6.07) is 0. The van der Waals surface area contributed by atoms with Gasteiger partial charge in [0.2, 0.25) is 5.91 Å². The highest BCUT2D eigenvalue weighted by Gasteiger charge is 2.36. The van der Waals surface area contributed by atoms with Crippen molar-refractivity contribution >= 4 is 17.2 Å². The molecule has 0 spiro atoms. The summed E-state index contributed by atoms with van der Waals surface area (Å²) in [6.07, 6.45) is 3.56. The fourth-order valence-electron chi connectivity index (χ4n) is 3.53. The number of amides is 1. The lowest BCUT2D eigenvalue weighted by Crippen LogP contribution is -2.53. The van der Waals surface area contributed by atoms with Crippen molar-refractivity contribution in [3.63, 3.8) is 0 Å². The van der Waals surface area contributed by atoms with E-state index in [2.05, 4.69) is 9.88 Å². The second-order valence-electron chi connectivity index (χ2n) is 6.94. The van der Waals surface area contributed by atoms with Crippen LogP contribution in [0, 0.1) is 6.92 Å². The van der Waals surface area contributed by atoms with E-state index in [1.54, 1.807) is 16.2 Å². The first-order valence-electron chi connectivity index (χ1n) is 8.75. The van der Waals surface area contributed by atoms with E-state index in [1.807, 2.05) is 12.4 Å². The molecule has 2 aliphatic heterocycles. The van der Waals surface area contributed by atoms with E-state index >= 15 is 0 Å². The van der Waals surface area contributed by atoms with Gasteiger partial charge in [0.25, 0.3) is 0 Å². The fraction of sp³-hybridized carbons (Fsp3) is 0.765. The van der Waals surface area contributed by atoms with Gasteiger partial charge < -0.3 is 19.6 Å². The van der Waals surface area contributed by atoms with Gasteiger partial charge in [-0.15, -0.1) is 11.3 Å². The quantitative estimate of drug-likeness (QED) is 0.858. The highest BCUT2D eigenvalue weighted by molar-refractivity contribution is 7.09. The zero-order chi connectivity index (χ0) is 17.0. The third kappa shape index (κ3) is 4.53. The highest BCUT2D eigenvalue weighted by atomic mass is 32.1. The number of carbonyl (C=O) groups is 1. The summed E-state index contributed by atoms with van der Waals surface area (Å²) >= 11 is 1.60. The van der Waals surface area contributed by atoms with Crippen molar-refractivity contribution in [2.75, 3.05) is 45.9 Å². The van der Waals surface area contributed by atoms with E-state index in [1.165, 1.54) is 17.7 Å². The molecule has 2 aliphatic rings. The molecule has 1 amide bonds. The monoisotopic (exact) mass is 353 g/mol. The third-order valence-electron chi connectivity index (χ3n) is 4.84. The van der Waals surface area contributed by atoms with E-state index in [9.17, 15) is 9.90 Å². The van der Waals surface area contributed by atoms with E-state index < -0.39 is 5.60 Å². The largest absolute Gasteiger partial charge is 0.384 e. The van der Waals surface area contributed by atoms with Gasteiger partial charge in [-0.05, 0) is 39.3 Å². The summed E-state index contributed by atoms with van der Waals surface area (Å²) in [7, 11) is 0. The third-order valence-corrected chi connectivity index (χ3v) is 5.84. The molecule has 0 aliphatic carbocycles. The van der Waals surface area contributed by atoms with Crippen LogP contribution in [-0.2, 0) is 16.0 Å². The van der Waals surface area contributed by atoms with Gasteiger partial charge in [0.15, 0.2) is 0 Å². The number of carbonyl (C=O) groups excluding carboxylic acids is 1. The van der Waals surface area contributed by atoms with Crippen LogP contribution in [0.5, 0.6) is 0 Å². The van der Waals surface area contributed by atoms with Crippen LogP contribution in [0.15, 0.2) is 5.51 Å². The second-order valence-corrected chi connectivity index (χ2v) is 7.88. The Balaban J connectivity index is 1.57. The van der Waals surface area contributed by atoms with E-state index in [4.69, 9.17) is 4.74 Å². The Morgan fingerprint density at radius 2 is 2.21 bits per heavy atom. The van der Waals surface area contributed by atoms with E-state index in [-0.39, 0.29) is 5.91 Å². The summed E-state index contributed by atoms with van der Waals surface area (Å²) < 4.78 is 5.59. The molecule has 0 saturated carbocycles. The number of nitrogens with zero attached hydrogens (tertiary/aromatic N) is 3. The van der Waals surface area contributed by atoms with Crippen LogP contribution in [0.1, 0.15) is 29.8 Å². The zero-order valence-electron chi connectivity index (χ0n) is 14.4. The van der Waals surface area contributed by atoms with Gasteiger partial charge in [-0.3, -0.25) is 4.79 Å². The van der Waals surface area contributed by atoms with Crippen LogP contribution in [0.25, 0.3) is 0 Å². The highest BCUT2D eigenvalue weighted by Crippen LogP contribution is 2.20.